The van der Waals surface area contributed by atoms with Crippen LogP contribution in [0.3, 0.4) is 0 Å². The van der Waals surface area contributed by atoms with Crippen molar-refractivity contribution in [3.05, 3.63) is 64.1 Å². The van der Waals surface area contributed by atoms with E-state index in [1.165, 1.54) is 24.3 Å². The Bertz CT molecular complexity index is 662. The predicted molar refractivity (Wildman–Crippen MR) is 84.6 cm³/mol. The van der Waals surface area contributed by atoms with Crippen molar-refractivity contribution in [3.8, 4) is 0 Å². The van der Waals surface area contributed by atoms with Gasteiger partial charge in [0.2, 0.25) is 0 Å². The molecule has 0 saturated heterocycles. The van der Waals surface area contributed by atoms with Gasteiger partial charge < -0.3 is 10.2 Å². The minimum Gasteiger partial charge on any atom is -0.326 e. The van der Waals surface area contributed by atoms with Crippen molar-refractivity contribution < 1.29 is 18.5 Å². The summed E-state index contributed by atoms with van der Waals surface area (Å²) >= 11 is 3.16. The van der Waals surface area contributed by atoms with Crippen LogP contribution < -0.4 is 10.2 Å². The highest BCUT2D eigenvalue weighted by Crippen LogP contribution is 2.18. The topological polar surface area (TPSA) is 33.5 Å². The standard InChI is InChI=1S/C16H15BrF2N2O/c1-21(9-11-2-5-13(18)6-3-11)10-16(22)20-15-7-4-12(17)8-14(15)19/h2-8H,9-10H2,1H3,(H,20,22)/p+1. The average molecular weight is 370 g/mol. The monoisotopic (exact) mass is 369 g/mol. The van der Waals surface area contributed by atoms with Crippen LogP contribution >= 0.6 is 15.9 Å². The van der Waals surface area contributed by atoms with E-state index in [1.807, 2.05) is 7.05 Å². The average Bonchev–Trinajstić information content (AvgIpc) is 2.44. The van der Waals surface area contributed by atoms with Gasteiger partial charge in [-0.1, -0.05) is 28.1 Å². The normalized spacial score (nSPS) is 12.0. The Morgan fingerprint density at radius 2 is 1.86 bits per heavy atom. The molecule has 0 spiro atoms. The number of benzene rings is 2. The van der Waals surface area contributed by atoms with Gasteiger partial charge in [0.1, 0.15) is 18.2 Å². The van der Waals surface area contributed by atoms with Gasteiger partial charge in [0.25, 0.3) is 5.91 Å². The predicted octanol–water partition coefficient (Wildman–Crippen LogP) is 2.38. The first-order valence-electron chi connectivity index (χ1n) is 6.74. The third-order valence-electron chi connectivity index (χ3n) is 3.09. The summed E-state index contributed by atoms with van der Waals surface area (Å²) < 4.78 is 27.1. The quantitative estimate of drug-likeness (QED) is 0.833. The van der Waals surface area contributed by atoms with Crippen LogP contribution in [0.2, 0.25) is 0 Å². The van der Waals surface area contributed by atoms with Crippen molar-refractivity contribution in [2.75, 3.05) is 18.9 Å². The maximum absolute atomic E-state index is 13.6. The van der Waals surface area contributed by atoms with Crippen LogP contribution in [0.25, 0.3) is 0 Å². The zero-order valence-corrected chi connectivity index (χ0v) is 13.6. The van der Waals surface area contributed by atoms with Gasteiger partial charge in [-0.3, -0.25) is 4.79 Å². The van der Waals surface area contributed by atoms with Gasteiger partial charge >= 0.3 is 0 Å². The molecule has 6 heteroatoms. The lowest BCUT2D eigenvalue weighted by Crippen LogP contribution is -3.08. The van der Waals surface area contributed by atoms with Gasteiger partial charge in [0.05, 0.1) is 12.7 Å². The summed E-state index contributed by atoms with van der Waals surface area (Å²) in [5.41, 5.74) is 1.09. The van der Waals surface area contributed by atoms with E-state index >= 15 is 0 Å². The smallest absolute Gasteiger partial charge is 0.279 e. The summed E-state index contributed by atoms with van der Waals surface area (Å²) in [6.45, 7) is 0.767. The van der Waals surface area contributed by atoms with Crippen LogP contribution in [-0.2, 0) is 11.3 Å². The number of amides is 1. The number of carbonyl (C=O) groups is 1. The van der Waals surface area contributed by atoms with Gasteiger partial charge in [-0.15, -0.1) is 0 Å². The van der Waals surface area contributed by atoms with Crippen LogP contribution in [0.5, 0.6) is 0 Å². The number of hydrogen-bond acceptors (Lipinski definition) is 1. The van der Waals surface area contributed by atoms with E-state index in [-0.39, 0.29) is 24.0 Å². The summed E-state index contributed by atoms with van der Waals surface area (Å²) in [5, 5.41) is 2.55. The van der Waals surface area contributed by atoms with E-state index in [9.17, 15) is 13.6 Å². The number of anilines is 1. The molecular weight excluding hydrogens is 354 g/mol. The first-order valence-corrected chi connectivity index (χ1v) is 7.54. The van der Waals surface area contributed by atoms with Crippen molar-refractivity contribution in [1.29, 1.82) is 0 Å². The molecule has 1 unspecified atom stereocenters. The molecule has 0 aliphatic rings. The maximum Gasteiger partial charge on any atom is 0.279 e. The maximum atomic E-state index is 13.6. The molecule has 0 aliphatic carbocycles. The van der Waals surface area contributed by atoms with Crippen molar-refractivity contribution in [2.45, 2.75) is 6.54 Å². The Hall–Kier alpha value is -1.79. The number of quaternary nitrogens is 1. The van der Waals surface area contributed by atoms with Crippen LogP contribution in [0, 0.1) is 11.6 Å². The Kier molecular flexibility index (Phi) is 5.63. The van der Waals surface area contributed by atoms with E-state index in [0.29, 0.717) is 11.0 Å². The van der Waals surface area contributed by atoms with Gasteiger partial charge in [0.15, 0.2) is 6.54 Å². The second kappa shape index (κ2) is 7.47. The molecule has 2 aromatic carbocycles. The molecule has 116 valence electrons. The Labute approximate surface area is 136 Å². The van der Waals surface area contributed by atoms with Crippen molar-refractivity contribution in [2.24, 2.45) is 0 Å². The molecule has 0 heterocycles. The number of hydrogen-bond donors (Lipinski definition) is 2. The zero-order valence-electron chi connectivity index (χ0n) is 12.0. The summed E-state index contributed by atoms with van der Waals surface area (Å²) in [6.07, 6.45) is 0. The fourth-order valence-electron chi connectivity index (χ4n) is 2.07. The van der Waals surface area contributed by atoms with Gasteiger partial charge in [-0.05, 0) is 30.3 Å². The molecule has 0 radical (unpaired) electrons. The summed E-state index contributed by atoms with van der Waals surface area (Å²) in [7, 11) is 1.85. The van der Waals surface area contributed by atoms with Crippen LogP contribution in [0.15, 0.2) is 46.9 Å². The second-order valence-corrected chi connectivity index (χ2v) is 6.03. The van der Waals surface area contributed by atoms with E-state index in [4.69, 9.17) is 0 Å². The molecule has 0 saturated carbocycles. The third kappa shape index (κ3) is 4.89. The molecule has 2 aromatic rings. The molecule has 0 aromatic heterocycles. The number of nitrogens with one attached hydrogen (secondary N) is 2. The zero-order chi connectivity index (χ0) is 16.1. The fourth-order valence-corrected chi connectivity index (χ4v) is 2.41. The fraction of sp³-hybridized carbons (Fsp3) is 0.188. The van der Waals surface area contributed by atoms with Gasteiger partial charge in [-0.25, -0.2) is 8.78 Å². The number of carbonyl (C=O) groups excluding carboxylic acids is 1. The summed E-state index contributed by atoms with van der Waals surface area (Å²) in [4.78, 5) is 12.9. The highest BCUT2D eigenvalue weighted by atomic mass is 79.9. The highest BCUT2D eigenvalue weighted by Gasteiger charge is 2.13. The first kappa shape index (κ1) is 16.6. The number of rotatable bonds is 5. The van der Waals surface area contributed by atoms with Crippen molar-refractivity contribution >= 4 is 27.5 Å². The van der Waals surface area contributed by atoms with E-state index < -0.39 is 5.82 Å². The lowest BCUT2D eigenvalue weighted by molar-refractivity contribution is -0.885. The second-order valence-electron chi connectivity index (χ2n) is 5.11. The Balaban J connectivity index is 1.89. The number of likely N-dealkylation sites (N-methyl/N-ethyl adjacent to an activating group) is 1. The van der Waals surface area contributed by atoms with Crippen LogP contribution in [0.4, 0.5) is 14.5 Å². The summed E-state index contributed by atoms with van der Waals surface area (Å²) in [6, 6.07) is 10.6. The van der Waals surface area contributed by atoms with Gasteiger partial charge in [-0.2, -0.15) is 0 Å². The van der Waals surface area contributed by atoms with E-state index in [1.54, 1.807) is 18.2 Å². The number of halogens is 3. The van der Waals surface area contributed by atoms with Crippen molar-refractivity contribution in [3.63, 3.8) is 0 Å². The van der Waals surface area contributed by atoms with Gasteiger partial charge in [0, 0.05) is 10.0 Å². The molecule has 0 fully saturated rings. The van der Waals surface area contributed by atoms with E-state index in [2.05, 4.69) is 21.2 Å². The Morgan fingerprint density at radius 1 is 1.18 bits per heavy atom. The van der Waals surface area contributed by atoms with Crippen LogP contribution in [-0.4, -0.2) is 19.5 Å². The SMILES string of the molecule is C[NH+](CC(=O)Nc1ccc(Br)cc1F)Cc1ccc(F)cc1. The molecule has 22 heavy (non-hydrogen) atoms. The third-order valence-corrected chi connectivity index (χ3v) is 3.58. The molecular formula is C16H16BrF2N2O+. The molecule has 1 amide bonds. The molecule has 3 nitrogen and oxygen atoms in total. The molecule has 0 bridgehead atoms. The first-order chi connectivity index (χ1) is 10.4. The molecule has 0 aliphatic heterocycles. The molecule has 2 N–H and O–H groups in total. The lowest BCUT2D eigenvalue weighted by atomic mass is 10.2. The minimum atomic E-state index is -0.487. The minimum absolute atomic E-state index is 0.155. The Morgan fingerprint density at radius 3 is 2.50 bits per heavy atom. The van der Waals surface area contributed by atoms with Crippen molar-refractivity contribution in [1.82, 2.24) is 0 Å². The molecule has 2 rings (SSSR count). The highest BCUT2D eigenvalue weighted by molar-refractivity contribution is 9.10. The largest absolute Gasteiger partial charge is 0.326 e. The molecule has 1 atom stereocenters. The van der Waals surface area contributed by atoms with E-state index in [0.717, 1.165) is 10.5 Å². The lowest BCUT2D eigenvalue weighted by Gasteiger charge is -2.14. The van der Waals surface area contributed by atoms with Crippen LogP contribution in [0.1, 0.15) is 5.56 Å². The summed E-state index contributed by atoms with van der Waals surface area (Å²) in [5.74, 6) is -1.05.